The number of aryl methyl sites for hydroxylation is 1. The Morgan fingerprint density at radius 1 is 1.16 bits per heavy atom. The van der Waals surface area contributed by atoms with E-state index in [2.05, 4.69) is 15.2 Å². The summed E-state index contributed by atoms with van der Waals surface area (Å²) in [5.74, 6) is -1.03. The van der Waals surface area contributed by atoms with Gasteiger partial charge in [0.15, 0.2) is 10.8 Å². The number of carbonyl (C=O) groups is 1. The summed E-state index contributed by atoms with van der Waals surface area (Å²) in [4.78, 5) is 18.5. The summed E-state index contributed by atoms with van der Waals surface area (Å²) in [6, 6.07) is 8.05. The maximum absolute atomic E-state index is 14.4. The Kier molecular flexibility index (Phi) is 7.31. The van der Waals surface area contributed by atoms with Gasteiger partial charge in [0.05, 0.1) is 28.6 Å². The Morgan fingerprint density at radius 3 is 2.57 bits per heavy atom. The van der Waals surface area contributed by atoms with Crippen LogP contribution in [0.3, 0.4) is 0 Å². The van der Waals surface area contributed by atoms with Gasteiger partial charge < -0.3 is 0 Å². The predicted molar refractivity (Wildman–Crippen MR) is 152 cm³/mol. The minimum atomic E-state index is -4.69. The number of allylic oxidation sites excluding steroid dienone is 1. The number of benzene rings is 1. The molecule has 6 rings (SSSR count). The first-order valence-corrected chi connectivity index (χ1v) is 15.4. The Hall–Kier alpha value is -4.17. The third-order valence-electron chi connectivity index (χ3n) is 8.44. The second-order valence-corrected chi connectivity index (χ2v) is 12.9. The standard InChI is InChI=1S/C30H28F4N6O3S/c1-3-39(44(42,43)27-11-13-38(2)37-27)24-7-4-20-15-26-19(18-36-40(26)23-8-5-22(31)6-9-23)16-29(20,17-24)28(41)25-14-21(10-12-35-25)30(32,33)34/h5-6,8-15,18,24H,3-4,7,16-17H2,1-2H3/t24-,29-/m0/s1. The van der Waals surface area contributed by atoms with E-state index in [0.29, 0.717) is 35.4 Å². The number of aromatic nitrogens is 5. The lowest BCUT2D eigenvalue weighted by Gasteiger charge is -2.46. The van der Waals surface area contributed by atoms with Gasteiger partial charge in [-0.1, -0.05) is 12.5 Å². The van der Waals surface area contributed by atoms with E-state index >= 15 is 0 Å². The van der Waals surface area contributed by atoms with Gasteiger partial charge in [0.25, 0.3) is 10.0 Å². The predicted octanol–water partition coefficient (Wildman–Crippen LogP) is 5.23. The molecular formula is C30H28F4N6O3S. The van der Waals surface area contributed by atoms with E-state index in [1.807, 2.05) is 0 Å². The van der Waals surface area contributed by atoms with Crippen molar-refractivity contribution in [2.45, 2.75) is 49.9 Å². The van der Waals surface area contributed by atoms with Gasteiger partial charge in [-0.3, -0.25) is 14.5 Å². The minimum Gasteiger partial charge on any atom is -0.291 e. The van der Waals surface area contributed by atoms with Crippen molar-refractivity contribution in [1.29, 1.82) is 0 Å². The van der Waals surface area contributed by atoms with E-state index in [4.69, 9.17) is 0 Å². The molecule has 0 radical (unpaired) electrons. The van der Waals surface area contributed by atoms with Crippen molar-refractivity contribution < 1.29 is 30.8 Å². The molecule has 14 heteroatoms. The summed E-state index contributed by atoms with van der Waals surface area (Å²) >= 11 is 0. The molecule has 0 aliphatic heterocycles. The molecule has 230 valence electrons. The average molecular weight is 629 g/mol. The number of sulfonamides is 1. The van der Waals surface area contributed by atoms with Gasteiger partial charge in [-0.15, -0.1) is 0 Å². The van der Waals surface area contributed by atoms with Crippen molar-refractivity contribution >= 4 is 21.9 Å². The third kappa shape index (κ3) is 5.05. The number of carbonyl (C=O) groups excluding carboxylic acids is 1. The molecule has 44 heavy (non-hydrogen) atoms. The van der Waals surface area contributed by atoms with E-state index in [1.54, 1.807) is 43.1 Å². The largest absolute Gasteiger partial charge is 0.416 e. The van der Waals surface area contributed by atoms with Crippen molar-refractivity contribution in [3.05, 3.63) is 95.0 Å². The molecule has 1 saturated carbocycles. The first-order valence-electron chi connectivity index (χ1n) is 14.0. The van der Waals surface area contributed by atoms with Gasteiger partial charge >= 0.3 is 6.18 Å². The van der Waals surface area contributed by atoms with Crippen molar-refractivity contribution in [2.24, 2.45) is 12.5 Å². The lowest BCUT2D eigenvalue weighted by Crippen LogP contribution is -2.50. The van der Waals surface area contributed by atoms with E-state index in [0.717, 1.165) is 18.3 Å². The van der Waals surface area contributed by atoms with Crippen LogP contribution in [0, 0.1) is 11.2 Å². The number of fused-ring (bicyclic) bond motifs is 2. The molecule has 0 N–H and O–H groups in total. The van der Waals surface area contributed by atoms with Crippen LogP contribution in [-0.4, -0.2) is 55.6 Å². The molecule has 0 saturated heterocycles. The summed E-state index contributed by atoms with van der Waals surface area (Å²) in [5, 5.41) is 8.43. The second kappa shape index (κ2) is 10.8. The summed E-state index contributed by atoms with van der Waals surface area (Å²) in [7, 11) is -2.44. The van der Waals surface area contributed by atoms with Gasteiger partial charge in [-0.2, -0.15) is 27.7 Å². The molecule has 2 atom stereocenters. The molecule has 0 bridgehead atoms. The Labute approximate surface area is 250 Å². The van der Waals surface area contributed by atoms with Crippen molar-refractivity contribution in [3.63, 3.8) is 0 Å². The number of hydrogen-bond acceptors (Lipinski definition) is 6. The minimum absolute atomic E-state index is 0.0245. The van der Waals surface area contributed by atoms with E-state index in [-0.39, 0.29) is 30.1 Å². The van der Waals surface area contributed by atoms with Gasteiger partial charge in [-0.25, -0.2) is 17.5 Å². The van der Waals surface area contributed by atoms with Gasteiger partial charge in [0, 0.05) is 32.0 Å². The summed E-state index contributed by atoms with van der Waals surface area (Å²) in [6.45, 7) is 1.79. The molecule has 2 aliphatic carbocycles. The van der Waals surface area contributed by atoms with Crippen molar-refractivity contribution in [3.8, 4) is 5.69 Å². The van der Waals surface area contributed by atoms with Crippen LogP contribution in [0.2, 0.25) is 0 Å². The van der Waals surface area contributed by atoms with Gasteiger partial charge in [0.2, 0.25) is 0 Å². The molecule has 4 aromatic rings. The van der Waals surface area contributed by atoms with E-state index < -0.39 is 44.8 Å². The third-order valence-corrected chi connectivity index (χ3v) is 10.4. The van der Waals surface area contributed by atoms with Gasteiger partial charge in [0.1, 0.15) is 11.5 Å². The SMILES string of the molecule is CCN([C@H]1CCC2=Cc3c(cnn3-c3ccc(F)cc3)C[C@]2(C(=O)c2cc(C(F)(F)F)ccn2)C1)S(=O)(=O)c1ccn(C)n1. The number of hydrogen-bond donors (Lipinski definition) is 0. The zero-order chi connectivity index (χ0) is 31.4. The van der Waals surface area contributed by atoms with Crippen LogP contribution in [0.1, 0.15) is 53.5 Å². The van der Waals surface area contributed by atoms with E-state index in [9.17, 15) is 30.8 Å². The highest BCUT2D eigenvalue weighted by Gasteiger charge is 2.52. The maximum Gasteiger partial charge on any atom is 0.416 e. The summed E-state index contributed by atoms with van der Waals surface area (Å²) < 4.78 is 86.2. The number of nitrogens with zero attached hydrogens (tertiary/aromatic N) is 6. The van der Waals surface area contributed by atoms with Crippen LogP contribution >= 0.6 is 0 Å². The normalized spacial score (nSPS) is 20.2. The lowest BCUT2D eigenvalue weighted by molar-refractivity contribution is -0.137. The van der Waals surface area contributed by atoms with Crippen molar-refractivity contribution in [2.75, 3.05) is 6.54 Å². The quantitative estimate of drug-likeness (QED) is 0.205. The van der Waals surface area contributed by atoms with Crippen LogP contribution in [0.15, 0.2) is 71.7 Å². The highest BCUT2D eigenvalue weighted by molar-refractivity contribution is 7.89. The molecule has 1 fully saturated rings. The highest BCUT2D eigenvalue weighted by Crippen LogP contribution is 2.51. The molecule has 9 nitrogen and oxygen atoms in total. The fraction of sp³-hybridized carbons (Fsp3) is 0.333. The number of halogens is 4. The number of alkyl halides is 3. The number of ketones is 1. The number of rotatable bonds is 7. The molecule has 3 heterocycles. The first kappa shape index (κ1) is 29.9. The summed E-state index contributed by atoms with van der Waals surface area (Å²) in [6.07, 6.45) is 1.95. The zero-order valence-corrected chi connectivity index (χ0v) is 24.6. The molecule has 0 unspecified atom stereocenters. The maximum atomic E-state index is 14.4. The van der Waals surface area contributed by atoms with Crippen LogP contribution in [0.5, 0.6) is 0 Å². The van der Waals surface area contributed by atoms with Crippen LogP contribution < -0.4 is 0 Å². The molecular weight excluding hydrogens is 600 g/mol. The smallest absolute Gasteiger partial charge is 0.291 e. The molecule has 0 spiro atoms. The second-order valence-electron chi connectivity index (χ2n) is 11.1. The van der Waals surface area contributed by atoms with E-state index in [1.165, 1.54) is 33.4 Å². The Balaban J connectivity index is 1.45. The zero-order valence-electron chi connectivity index (χ0n) is 23.8. The average Bonchev–Trinajstić information content (AvgIpc) is 3.62. The fourth-order valence-electron chi connectivity index (χ4n) is 6.37. The summed E-state index contributed by atoms with van der Waals surface area (Å²) in [5.41, 5.74) is -0.170. The topological polar surface area (TPSA) is 103 Å². The van der Waals surface area contributed by atoms with Gasteiger partial charge in [-0.05, 0) is 79.8 Å². The molecule has 0 amide bonds. The highest BCUT2D eigenvalue weighted by atomic mass is 32.2. The Bertz CT molecular complexity index is 1880. The lowest BCUT2D eigenvalue weighted by atomic mass is 9.60. The number of Topliss-reactive ketones (excluding diaryl/α,β-unsaturated/α-hetero) is 1. The van der Waals surface area contributed by atoms with Crippen LogP contribution in [0.25, 0.3) is 11.8 Å². The van der Waals surface area contributed by atoms with Crippen molar-refractivity contribution in [1.82, 2.24) is 28.9 Å². The van der Waals surface area contributed by atoms with Crippen LogP contribution in [-0.2, 0) is 29.7 Å². The van der Waals surface area contributed by atoms with Crippen LogP contribution in [0.4, 0.5) is 17.6 Å². The molecule has 1 aromatic carbocycles. The monoisotopic (exact) mass is 628 g/mol. The molecule has 3 aromatic heterocycles. The Morgan fingerprint density at radius 2 is 1.91 bits per heavy atom. The fourth-order valence-corrected chi connectivity index (χ4v) is 7.99. The first-order chi connectivity index (χ1) is 20.8. The number of pyridine rings is 1. The molecule has 2 aliphatic rings.